The molecule has 0 amide bonds. The van der Waals surface area contributed by atoms with Gasteiger partial charge in [0, 0.05) is 0 Å². The van der Waals surface area contributed by atoms with Crippen molar-refractivity contribution in [3.8, 4) is 11.5 Å². The van der Waals surface area contributed by atoms with Gasteiger partial charge in [0.1, 0.15) is 11.6 Å². The SMILES string of the molecule is O=C(Oc1c(F)c(F)c(F)c2c(F)c3c(F)c(F)c(F)c(OC(=O)c4cc(F)c(F)c(F)c4)c3c(F)c12)c1cc(F)c(F)c(F)c1. The number of rotatable bonds is 4. The van der Waals surface area contributed by atoms with Gasteiger partial charge in [-0.05, 0) is 24.3 Å². The Hall–Kier alpha value is -5.42. The number of ether oxygens (including phenoxy) is 2. The van der Waals surface area contributed by atoms with Crippen molar-refractivity contribution >= 4 is 33.5 Å². The highest BCUT2D eigenvalue weighted by atomic mass is 19.2. The van der Waals surface area contributed by atoms with Gasteiger partial charge in [-0.2, -0.15) is 8.78 Å². The zero-order chi connectivity index (χ0) is 34.1. The Morgan fingerprint density at radius 2 is 0.630 bits per heavy atom. The van der Waals surface area contributed by atoms with Gasteiger partial charge in [0.15, 0.2) is 69.7 Å². The van der Waals surface area contributed by atoms with Gasteiger partial charge in [-0.25, -0.2) is 62.3 Å². The summed E-state index contributed by atoms with van der Waals surface area (Å²) in [5.74, 6) is -42.3. The zero-order valence-corrected chi connectivity index (χ0v) is 21.2. The summed E-state index contributed by atoms with van der Waals surface area (Å²) >= 11 is 0. The Bertz CT molecular complexity index is 2000. The average molecular weight is 670 g/mol. The van der Waals surface area contributed by atoms with Crippen LogP contribution < -0.4 is 9.47 Å². The van der Waals surface area contributed by atoms with E-state index in [1.165, 1.54) is 0 Å². The molecule has 5 rings (SSSR count). The molecule has 0 heterocycles. The molecule has 0 spiro atoms. The molecule has 0 saturated carbocycles. The van der Waals surface area contributed by atoms with E-state index in [0.29, 0.717) is 0 Å². The van der Waals surface area contributed by atoms with Gasteiger partial charge in [0.05, 0.1) is 32.7 Å². The van der Waals surface area contributed by atoms with Crippen LogP contribution in [0.25, 0.3) is 21.5 Å². The van der Waals surface area contributed by atoms with Crippen LogP contribution in [0.15, 0.2) is 24.3 Å². The van der Waals surface area contributed by atoms with Crippen molar-refractivity contribution in [1.29, 1.82) is 0 Å². The van der Waals surface area contributed by atoms with Crippen molar-refractivity contribution in [1.82, 2.24) is 0 Å². The molecule has 0 aliphatic heterocycles. The van der Waals surface area contributed by atoms with E-state index in [-0.39, 0.29) is 24.3 Å². The first-order valence-corrected chi connectivity index (χ1v) is 11.7. The number of hydrogen-bond donors (Lipinski definition) is 0. The van der Waals surface area contributed by atoms with Crippen molar-refractivity contribution < 1.29 is 80.5 Å². The topological polar surface area (TPSA) is 52.6 Å². The summed E-state index contributed by atoms with van der Waals surface area (Å²) in [5.41, 5.74) is -2.63. The van der Waals surface area contributed by atoms with Gasteiger partial charge >= 0.3 is 11.9 Å². The molecule has 0 bridgehead atoms. The molecule has 0 aromatic heterocycles. The fourth-order valence-electron chi connectivity index (χ4n) is 4.20. The first-order chi connectivity index (χ1) is 21.5. The van der Waals surface area contributed by atoms with Crippen LogP contribution >= 0.6 is 0 Å². The van der Waals surface area contributed by atoms with Crippen LogP contribution in [0.4, 0.5) is 61.5 Å². The maximum atomic E-state index is 16.0. The number of hydrogen-bond acceptors (Lipinski definition) is 4. The summed E-state index contributed by atoms with van der Waals surface area (Å²) in [4.78, 5) is 25.0. The average Bonchev–Trinajstić information content (AvgIpc) is 3.00. The normalized spacial score (nSPS) is 11.4. The van der Waals surface area contributed by atoms with Crippen molar-refractivity contribution in [3.63, 3.8) is 0 Å². The lowest BCUT2D eigenvalue weighted by molar-refractivity contribution is 0.0719. The highest BCUT2D eigenvalue weighted by Crippen LogP contribution is 2.46. The minimum atomic E-state index is -2.75. The maximum Gasteiger partial charge on any atom is 0.343 e. The van der Waals surface area contributed by atoms with Crippen LogP contribution in [0, 0.1) is 81.4 Å². The molecule has 46 heavy (non-hydrogen) atoms. The summed E-state index contributed by atoms with van der Waals surface area (Å²) in [6.45, 7) is 0. The van der Waals surface area contributed by atoms with Gasteiger partial charge < -0.3 is 9.47 Å². The molecule has 0 unspecified atom stereocenters. The number of benzene rings is 5. The lowest BCUT2D eigenvalue weighted by Gasteiger charge is -2.17. The standard InChI is InChI=1S/C28H4F14O4/c29-7-1-5(2-8(30)15(7)33)27(43)45-25-13-11(19(37)21(39)23(25)41)17(35)12-14(18(13)36)26(24(42)22(40)20(12)38)46-28(44)6-3-9(31)16(34)10(32)4-6/h1-4H. The van der Waals surface area contributed by atoms with E-state index in [0.717, 1.165) is 0 Å². The predicted molar refractivity (Wildman–Crippen MR) is 124 cm³/mol. The summed E-state index contributed by atoms with van der Waals surface area (Å²) in [7, 11) is 0. The number of halogens is 14. The molecular weight excluding hydrogens is 666 g/mol. The smallest absolute Gasteiger partial charge is 0.343 e. The van der Waals surface area contributed by atoms with Gasteiger partial charge in [-0.1, -0.05) is 0 Å². The minimum Gasteiger partial charge on any atom is -0.419 e. The number of esters is 2. The lowest BCUT2D eigenvalue weighted by atomic mass is 9.98. The summed E-state index contributed by atoms with van der Waals surface area (Å²) < 4.78 is 210. The van der Waals surface area contributed by atoms with Gasteiger partial charge in [-0.3, -0.25) is 0 Å². The first-order valence-electron chi connectivity index (χ1n) is 11.7. The van der Waals surface area contributed by atoms with Crippen molar-refractivity contribution in [3.05, 3.63) is 117 Å². The first kappa shape index (κ1) is 32.0. The van der Waals surface area contributed by atoms with Crippen LogP contribution in [0.1, 0.15) is 20.7 Å². The molecule has 0 saturated heterocycles. The third kappa shape index (κ3) is 4.80. The fourth-order valence-corrected chi connectivity index (χ4v) is 4.20. The van der Waals surface area contributed by atoms with E-state index in [1.54, 1.807) is 0 Å². The van der Waals surface area contributed by atoms with Crippen LogP contribution in [-0.4, -0.2) is 11.9 Å². The summed E-state index contributed by atoms with van der Waals surface area (Å²) in [5, 5.41) is -8.35. The zero-order valence-electron chi connectivity index (χ0n) is 21.2. The molecule has 18 heteroatoms. The third-order valence-corrected chi connectivity index (χ3v) is 6.27. The van der Waals surface area contributed by atoms with Gasteiger partial charge in [0.2, 0.25) is 11.6 Å². The molecule has 0 aliphatic rings. The minimum absolute atomic E-state index is 0.0563. The lowest BCUT2D eigenvalue weighted by Crippen LogP contribution is -2.15. The summed E-state index contributed by atoms with van der Waals surface area (Å²) in [6.07, 6.45) is 0. The van der Waals surface area contributed by atoms with Crippen LogP contribution in [0.3, 0.4) is 0 Å². The second-order valence-corrected chi connectivity index (χ2v) is 8.96. The highest BCUT2D eigenvalue weighted by Gasteiger charge is 2.36. The number of carbonyl (C=O) groups excluding carboxylic acids is 2. The van der Waals surface area contributed by atoms with Crippen molar-refractivity contribution in [2.45, 2.75) is 0 Å². The largest absolute Gasteiger partial charge is 0.419 e. The van der Waals surface area contributed by atoms with Crippen molar-refractivity contribution in [2.75, 3.05) is 0 Å². The number of fused-ring (bicyclic) bond motifs is 2. The predicted octanol–water partition coefficient (Wildman–Crippen LogP) is 8.38. The van der Waals surface area contributed by atoms with E-state index in [2.05, 4.69) is 9.47 Å². The van der Waals surface area contributed by atoms with E-state index >= 15 is 8.78 Å². The Balaban J connectivity index is 1.83. The molecule has 4 nitrogen and oxygen atoms in total. The van der Waals surface area contributed by atoms with E-state index in [9.17, 15) is 62.3 Å². The van der Waals surface area contributed by atoms with E-state index in [4.69, 9.17) is 0 Å². The fraction of sp³-hybridized carbons (Fsp3) is 0. The van der Waals surface area contributed by atoms with E-state index < -0.39 is 138 Å². The van der Waals surface area contributed by atoms with Crippen LogP contribution in [-0.2, 0) is 0 Å². The Morgan fingerprint density at radius 1 is 0.348 bits per heavy atom. The number of carbonyl (C=O) groups is 2. The van der Waals surface area contributed by atoms with Crippen LogP contribution in [0.5, 0.6) is 11.5 Å². The second-order valence-electron chi connectivity index (χ2n) is 8.96. The Labute approximate surface area is 243 Å². The molecule has 5 aromatic rings. The molecule has 238 valence electrons. The molecular formula is C28H4F14O4. The van der Waals surface area contributed by atoms with E-state index in [1.807, 2.05) is 0 Å². The monoisotopic (exact) mass is 670 g/mol. The molecule has 5 aromatic carbocycles. The van der Waals surface area contributed by atoms with Gasteiger partial charge in [0.25, 0.3) is 0 Å². The van der Waals surface area contributed by atoms with Crippen molar-refractivity contribution in [2.24, 2.45) is 0 Å². The quantitative estimate of drug-likeness (QED) is 0.0634. The summed E-state index contributed by atoms with van der Waals surface area (Å²) in [6, 6.07) is -0.225. The molecule has 0 radical (unpaired) electrons. The highest BCUT2D eigenvalue weighted by molar-refractivity contribution is 6.07. The van der Waals surface area contributed by atoms with Gasteiger partial charge in [-0.15, -0.1) is 0 Å². The third-order valence-electron chi connectivity index (χ3n) is 6.27. The molecule has 0 N–H and O–H groups in total. The molecule has 0 fully saturated rings. The second kappa shape index (κ2) is 11.2. The maximum absolute atomic E-state index is 16.0. The Kier molecular flexibility index (Phi) is 7.78. The Morgan fingerprint density at radius 3 is 0.935 bits per heavy atom. The van der Waals surface area contributed by atoms with Crippen LogP contribution in [0.2, 0.25) is 0 Å². The molecule has 0 atom stereocenters. The molecule has 0 aliphatic carbocycles.